The summed E-state index contributed by atoms with van der Waals surface area (Å²) in [5.41, 5.74) is 4.13. The molecule has 0 unspecified atom stereocenters. The van der Waals surface area contributed by atoms with Crippen LogP contribution in [0.4, 0.5) is 5.69 Å². The second kappa shape index (κ2) is 9.51. The van der Waals surface area contributed by atoms with E-state index in [0.29, 0.717) is 30.4 Å². The summed E-state index contributed by atoms with van der Waals surface area (Å²) in [6.45, 7) is 2.70. The maximum absolute atomic E-state index is 12.7. The molecule has 0 aliphatic carbocycles. The summed E-state index contributed by atoms with van der Waals surface area (Å²) < 4.78 is 39.0. The Morgan fingerprint density at radius 2 is 1.70 bits per heavy atom. The summed E-state index contributed by atoms with van der Waals surface area (Å²) in [5.74, 6) is 0.718. The molecule has 2 N–H and O–H groups in total. The second-order valence-electron chi connectivity index (χ2n) is 7.11. The molecule has 0 bridgehead atoms. The summed E-state index contributed by atoms with van der Waals surface area (Å²) >= 11 is 6.04. The van der Waals surface area contributed by atoms with Gasteiger partial charge in [0, 0.05) is 11.1 Å². The van der Waals surface area contributed by atoms with Crippen LogP contribution in [0.3, 0.4) is 0 Å². The SMILES string of the molecule is C/C(=N\NC(=O)c1cccc(S(=O)(=O)Nc2ccccc2Cl)c1)c1ccc2c(c1)OCCO2. The topological polar surface area (TPSA) is 106 Å². The molecule has 3 aromatic carbocycles. The number of hydrogen-bond acceptors (Lipinski definition) is 6. The third-order valence-corrected chi connectivity index (χ3v) is 6.50. The monoisotopic (exact) mass is 485 g/mol. The van der Waals surface area contributed by atoms with Gasteiger partial charge in [-0.25, -0.2) is 13.8 Å². The molecule has 1 heterocycles. The molecule has 0 atom stereocenters. The minimum absolute atomic E-state index is 0.0809. The van der Waals surface area contributed by atoms with Crippen molar-refractivity contribution in [2.24, 2.45) is 5.10 Å². The molecule has 0 aromatic heterocycles. The number of hydrazone groups is 1. The van der Waals surface area contributed by atoms with E-state index in [9.17, 15) is 13.2 Å². The number of nitrogens with one attached hydrogen (secondary N) is 2. The number of ether oxygens (including phenoxy) is 2. The van der Waals surface area contributed by atoms with Crippen molar-refractivity contribution in [1.82, 2.24) is 5.43 Å². The molecule has 0 saturated carbocycles. The molecule has 1 aliphatic heterocycles. The second-order valence-corrected chi connectivity index (χ2v) is 9.20. The lowest BCUT2D eigenvalue weighted by atomic mass is 10.1. The summed E-state index contributed by atoms with van der Waals surface area (Å²) in [5, 5.41) is 4.39. The molecule has 0 radical (unpaired) electrons. The highest BCUT2D eigenvalue weighted by molar-refractivity contribution is 7.92. The van der Waals surface area contributed by atoms with Crippen LogP contribution in [0.2, 0.25) is 5.02 Å². The standard InChI is InChI=1S/C23H20ClN3O5S/c1-15(16-9-10-21-22(14-16)32-12-11-31-21)25-26-23(28)17-5-4-6-18(13-17)33(29,30)27-20-8-3-2-7-19(20)24/h2-10,13-14,27H,11-12H2,1H3,(H,26,28)/b25-15+. The molecule has 8 nitrogen and oxygen atoms in total. The summed E-state index contributed by atoms with van der Waals surface area (Å²) in [7, 11) is -3.95. The zero-order valence-electron chi connectivity index (χ0n) is 17.5. The third-order valence-electron chi connectivity index (χ3n) is 4.81. The van der Waals surface area contributed by atoms with Crippen molar-refractivity contribution < 1.29 is 22.7 Å². The minimum Gasteiger partial charge on any atom is -0.486 e. The lowest BCUT2D eigenvalue weighted by Crippen LogP contribution is -2.20. The maximum Gasteiger partial charge on any atom is 0.271 e. The lowest BCUT2D eigenvalue weighted by molar-refractivity contribution is 0.0954. The van der Waals surface area contributed by atoms with Crippen molar-refractivity contribution in [2.75, 3.05) is 17.9 Å². The first-order chi connectivity index (χ1) is 15.8. The largest absolute Gasteiger partial charge is 0.486 e. The van der Waals surface area contributed by atoms with Crippen LogP contribution in [0.5, 0.6) is 11.5 Å². The number of amides is 1. The third kappa shape index (κ3) is 5.27. The van der Waals surface area contributed by atoms with E-state index in [-0.39, 0.29) is 21.2 Å². The normalized spacial score (nSPS) is 13.3. The van der Waals surface area contributed by atoms with Gasteiger partial charge < -0.3 is 9.47 Å². The predicted molar refractivity (Wildman–Crippen MR) is 126 cm³/mol. The molecule has 0 fully saturated rings. The van der Waals surface area contributed by atoms with Crippen molar-refractivity contribution in [3.05, 3.63) is 82.9 Å². The van der Waals surface area contributed by atoms with Crippen LogP contribution in [0.1, 0.15) is 22.8 Å². The zero-order chi connectivity index (χ0) is 23.4. The first-order valence-corrected chi connectivity index (χ1v) is 11.8. The van der Waals surface area contributed by atoms with Gasteiger partial charge in [0.1, 0.15) is 13.2 Å². The quantitative estimate of drug-likeness (QED) is 0.404. The van der Waals surface area contributed by atoms with E-state index in [1.165, 1.54) is 24.3 Å². The number of nitrogens with zero attached hydrogens (tertiary/aromatic N) is 1. The zero-order valence-corrected chi connectivity index (χ0v) is 19.1. The number of fused-ring (bicyclic) bond motifs is 1. The number of carbonyl (C=O) groups excluding carboxylic acids is 1. The molecule has 1 aliphatic rings. The lowest BCUT2D eigenvalue weighted by Gasteiger charge is -2.18. The fourth-order valence-electron chi connectivity index (χ4n) is 3.08. The summed E-state index contributed by atoms with van der Waals surface area (Å²) in [4.78, 5) is 12.5. The molecule has 33 heavy (non-hydrogen) atoms. The van der Waals surface area contributed by atoms with Crippen LogP contribution in [0.15, 0.2) is 76.7 Å². The highest BCUT2D eigenvalue weighted by Gasteiger charge is 2.18. The molecule has 170 valence electrons. The van der Waals surface area contributed by atoms with Crippen LogP contribution in [0.25, 0.3) is 0 Å². The average Bonchev–Trinajstić information content (AvgIpc) is 2.83. The van der Waals surface area contributed by atoms with Gasteiger partial charge in [-0.05, 0) is 55.5 Å². The molecule has 1 amide bonds. The molecular weight excluding hydrogens is 466 g/mol. The van der Waals surface area contributed by atoms with Gasteiger partial charge in [-0.15, -0.1) is 0 Å². The van der Waals surface area contributed by atoms with E-state index in [1.807, 2.05) is 6.07 Å². The van der Waals surface area contributed by atoms with E-state index in [2.05, 4.69) is 15.2 Å². The number of sulfonamides is 1. The number of hydrogen-bond donors (Lipinski definition) is 2. The van der Waals surface area contributed by atoms with Crippen LogP contribution in [-0.2, 0) is 10.0 Å². The average molecular weight is 486 g/mol. The molecule has 4 rings (SSSR count). The summed E-state index contributed by atoms with van der Waals surface area (Å²) in [6.07, 6.45) is 0. The van der Waals surface area contributed by atoms with Crippen LogP contribution >= 0.6 is 11.6 Å². The highest BCUT2D eigenvalue weighted by atomic mass is 35.5. The van der Waals surface area contributed by atoms with Crippen LogP contribution in [0, 0.1) is 0 Å². The van der Waals surface area contributed by atoms with Crippen LogP contribution in [-0.4, -0.2) is 33.3 Å². The van der Waals surface area contributed by atoms with Gasteiger partial charge in [0.2, 0.25) is 0 Å². The predicted octanol–water partition coefficient (Wildman–Crippen LogP) is 4.07. The Balaban J connectivity index is 1.49. The van der Waals surface area contributed by atoms with Crippen molar-refractivity contribution in [2.45, 2.75) is 11.8 Å². The van der Waals surface area contributed by atoms with Gasteiger partial charge in [0.05, 0.1) is 21.3 Å². The molecular formula is C23H20ClN3O5S. The maximum atomic E-state index is 12.7. The molecule has 0 spiro atoms. The number of rotatable bonds is 6. The van der Waals surface area contributed by atoms with Gasteiger partial charge in [-0.3, -0.25) is 9.52 Å². The molecule has 3 aromatic rings. The fraction of sp³-hybridized carbons (Fsp3) is 0.130. The Labute approximate surface area is 196 Å². The van der Waals surface area contributed by atoms with Crippen molar-refractivity contribution in [3.63, 3.8) is 0 Å². The van der Waals surface area contributed by atoms with Crippen LogP contribution < -0.4 is 19.6 Å². The number of anilines is 1. The van der Waals surface area contributed by atoms with E-state index in [4.69, 9.17) is 21.1 Å². The Kier molecular flexibility index (Phi) is 6.52. The van der Waals surface area contributed by atoms with Gasteiger partial charge in [0.15, 0.2) is 11.5 Å². The fourth-order valence-corrected chi connectivity index (χ4v) is 4.45. The smallest absolute Gasteiger partial charge is 0.271 e. The van der Waals surface area contributed by atoms with Crippen molar-refractivity contribution in [1.29, 1.82) is 0 Å². The van der Waals surface area contributed by atoms with Gasteiger partial charge in [-0.1, -0.05) is 29.8 Å². The van der Waals surface area contributed by atoms with E-state index in [0.717, 1.165) is 5.56 Å². The summed E-state index contributed by atoms with van der Waals surface area (Å²) in [6, 6.07) is 17.5. The van der Waals surface area contributed by atoms with E-state index in [1.54, 1.807) is 43.3 Å². The minimum atomic E-state index is -3.95. The molecule has 0 saturated heterocycles. The number of para-hydroxylation sites is 1. The number of benzene rings is 3. The van der Waals surface area contributed by atoms with Crippen molar-refractivity contribution >= 4 is 38.9 Å². The Morgan fingerprint density at radius 1 is 0.939 bits per heavy atom. The van der Waals surface area contributed by atoms with Gasteiger partial charge in [-0.2, -0.15) is 5.10 Å². The van der Waals surface area contributed by atoms with E-state index < -0.39 is 15.9 Å². The Bertz CT molecular complexity index is 1340. The highest BCUT2D eigenvalue weighted by Crippen LogP contribution is 2.31. The first kappa shape index (κ1) is 22.6. The first-order valence-electron chi connectivity index (χ1n) is 9.95. The van der Waals surface area contributed by atoms with E-state index >= 15 is 0 Å². The van der Waals surface area contributed by atoms with Crippen molar-refractivity contribution in [3.8, 4) is 11.5 Å². The Morgan fingerprint density at radius 3 is 2.48 bits per heavy atom. The Hall–Kier alpha value is -3.56. The number of carbonyl (C=O) groups is 1. The van der Waals surface area contributed by atoms with Gasteiger partial charge in [0.25, 0.3) is 15.9 Å². The van der Waals surface area contributed by atoms with Gasteiger partial charge >= 0.3 is 0 Å². The number of halogens is 1. The molecule has 10 heteroatoms.